The fraction of sp³-hybridized carbons (Fsp3) is 0.385. The zero-order valence-electron chi connectivity index (χ0n) is 10.2. The van der Waals surface area contributed by atoms with Crippen LogP contribution in [0.25, 0.3) is 5.69 Å². The molecule has 84 valence electrons. The van der Waals surface area contributed by atoms with Crippen molar-refractivity contribution in [2.45, 2.75) is 33.6 Å². The number of nitrogens with zero attached hydrogens (tertiary/aromatic N) is 2. The molecule has 0 radical (unpaired) electrons. The molecule has 0 bridgehead atoms. The minimum absolute atomic E-state index is 0.322. The molecule has 2 aromatic rings. The van der Waals surface area contributed by atoms with Gasteiger partial charge in [0.2, 0.25) is 5.69 Å². The van der Waals surface area contributed by atoms with Crippen LogP contribution in [0.2, 0.25) is 0 Å². The first kappa shape index (κ1) is 10.9. The van der Waals surface area contributed by atoms with Crippen molar-refractivity contribution in [2.24, 2.45) is 0 Å². The first-order chi connectivity index (χ1) is 7.58. The second-order valence-corrected chi connectivity index (χ2v) is 4.36. The predicted molar refractivity (Wildman–Crippen MR) is 61.6 cm³/mol. The normalized spacial score (nSPS) is 11.1. The molecular weight excluding hydrogens is 200 g/mol. The maximum absolute atomic E-state index is 5.61. The van der Waals surface area contributed by atoms with Crippen LogP contribution in [0.1, 0.15) is 37.1 Å². The van der Waals surface area contributed by atoms with Crippen LogP contribution in [-0.2, 0) is 0 Å². The molecule has 0 unspecified atom stereocenters. The number of aryl methyl sites for hydroxylation is 2. The van der Waals surface area contributed by atoms with E-state index >= 15 is 0 Å². The molecule has 0 saturated heterocycles. The highest BCUT2D eigenvalue weighted by molar-refractivity contribution is 5.26. The molecule has 0 atom stereocenters. The smallest absolute Gasteiger partial charge is 0.382 e. The lowest BCUT2D eigenvalue weighted by Gasteiger charge is -1.96. The molecule has 0 saturated carbocycles. The monoisotopic (exact) mass is 217 g/mol. The van der Waals surface area contributed by atoms with Gasteiger partial charge in [-0.3, -0.25) is 0 Å². The molecule has 2 rings (SSSR count). The first-order valence-electron chi connectivity index (χ1n) is 5.54. The second-order valence-electron chi connectivity index (χ2n) is 4.36. The standard InChI is InChI=1S/C13H17N2O/c1-9(2)13-15(14-11(4)16-13)12-7-5-10(3)6-8-12/h5-9H,1-4H3/q+1. The van der Waals surface area contributed by atoms with Gasteiger partial charge in [0.05, 0.1) is 5.92 Å². The van der Waals surface area contributed by atoms with Crippen molar-refractivity contribution in [3.63, 3.8) is 0 Å². The molecule has 3 heteroatoms. The van der Waals surface area contributed by atoms with Crippen LogP contribution in [-0.4, -0.2) is 5.10 Å². The number of hydrogen-bond donors (Lipinski definition) is 0. The van der Waals surface area contributed by atoms with E-state index in [4.69, 9.17) is 4.42 Å². The average Bonchev–Trinajstić information content (AvgIpc) is 2.61. The molecule has 0 aliphatic rings. The maximum atomic E-state index is 5.61. The van der Waals surface area contributed by atoms with Crippen molar-refractivity contribution in [3.05, 3.63) is 41.6 Å². The SMILES string of the molecule is Cc1ccc(-[n+]2nc(C)oc2C(C)C)cc1. The molecule has 1 heterocycles. The van der Waals surface area contributed by atoms with Gasteiger partial charge in [0.15, 0.2) is 0 Å². The van der Waals surface area contributed by atoms with Crippen molar-refractivity contribution in [1.82, 2.24) is 5.10 Å². The van der Waals surface area contributed by atoms with E-state index in [1.807, 2.05) is 11.6 Å². The minimum Gasteiger partial charge on any atom is -0.385 e. The van der Waals surface area contributed by atoms with Crippen LogP contribution in [0.4, 0.5) is 0 Å². The third-order valence-corrected chi connectivity index (χ3v) is 2.47. The van der Waals surface area contributed by atoms with Gasteiger partial charge in [-0.1, -0.05) is 17.7 Å². The maximum Gasteiger partial charge on any atom is 0.382 e. The summed E-state index contributed by atoms with van der Waals surface area (Å²) in [6.07, 6.45) is 0. The van der Waals surface area contributed by atoms with Crippen LogP contribution in [0.15, 0.2) is 28.7 Å². The number of rotatable bonds is 2. The Labute approximate surface area is 95.7 Å². The van der Waals surface area contributed by atoms with E-state index < -0.39 is 0 Å². The molecule has 0 fully saturated rings. The summed E-state index contributed by atoms with van der Waals surface area (Å²) in [5, 5.41) is 4.38. The molecule has 0 aliphatic heterocycles. The Morgan fingerprint density at radius 2 is 1.75 bits per heavy atom. The van der Waals surface area contributed by atoms with Gasteiger partial charge < -0.3 is 4.42 Å². The molecule has 1 aromatic heterocycles. The van der Waals surface area contributed by atoms with Gasteiger partial charge in [0.25, 0.3) is 5.89 Å². The van der Waals surface area contributed by atoms with E-state index in [2.05, 4.69) is 50.1 Å². The van der Waals surface area contributed by atoms with Gasteiger partial charge in [-0.05, 0) is 25.5 Å². The van der Waals surface area contributed by atoms with Crippen molar-refractivity contribution in [2.75, 3.05) is 0 Å². The van der Waals surface area contributed by atoms with Gasteiger partial charge >= 0.3 is 5.89 Å². The largest absolute Gasteiger partial charge is 0.385 e. The molecule has 0 amide bonds. The van der Waals surface area contributed by atoms with E-state index in [0.29, 0.717) is 11.8 Å². The Hall–Kier alpha value is -1.64. The van der Waals surface area contributed by atoms with Crippen molar-refractivity contribution in [1.29, 1.82) is 0 Å². The zero-order chi connectivity index (χ0) is 11.7. The molecular formula is C13H17N2O+. The third-order valence-electron chi connectivity index (χ3n) is 2.47. The molecule has 0 N–H and O–H groups in total. The summed E-state index contributed by atoms with van der Waals surface area (Å²) in [5.74, 6) is 1.91. The van der Waals surface area contributed by atoms with Gasteiger partial charge in [-0.2, -0.15) is 0 Å². The highest BCUT2D eigenvalue weighted by Gasteiger charge is 2.25. The van der Waals surface area contributed by atoms with Crippen LogP contribution in [0.3, 0.4) is 0 Å². The van der Waals surface area contributed by atoms with Crippen LogP contribution >= 0.6 is 0 Å². The summed E-state index contributed by atoms with van der Waals surface area (Å²) < 4.78 is 7.49. The van der Waals surface area contributed by atoms with Crippen molar-refractivity contribution in [3.8, 4) is 5.69 Å². The summed E-state index contributed by atoms with van der Waals surface area (Å²) in [6.45, 7) is 8.15. The molecule has 0 spiro atoms. The first-order valence-corrected chi connectivity index (χ1v) is 5.54. The highest BCUT2D eigenvalue weighted by Crippen LogP contribution is 2.13. The summed E-state index contributed by atoms with van der Waals surface area (Å²) in [5.41, 5.74) is 2.29. The minimum atomic E-state index is 0.322. The Kier molecular flexibility index (Phi) is 2.77. The topological polar surface area (TPSA) is 29.9 Å². The number of benzene rings is 1. The highest BCUT2D eigenvalue weighted by atomic mass is 16.4. The molecule has 3 nitrogen and oxygen atoms in total. The number of aromatic nitrogens is 2. The van der Waals surface area contributed by atoms with Gasteiger partial charge in [0, 0.05) is 24.2 Å². The van der Waals surface area contributed by atoms with Crippen LogP contribution in [0.5, 0.6) is 0 Å². The molecule has 16 heavy (non-hydrogen) atoms. The fourth-order valence-corrected chi connectivity index (χ4v) is 1.64. The van der Waals surface area contributed by atoms with E-state index in [1.165, 1.54) is 5.56 Å². The Bertz CT molecular complexity index is 483. The summed E-state index contributed by atoms with van der Waals surface area (Å²) in [4.78, 5) is 0. The Morgan fingerprint density at radius 3 is 2.31 bits per heavy atom. The molecule has 1 aromatic carbocycles. The van der Waals surface area contributed by atoms with Gasteiger partial charge in [-0.15, -0.1) is 0 Å². The van der Waals surface area contributed by atoms with Crippen molar-refractivity contribution >= 4 is 0 Å². The summed E-state index contributed by atoms with van der Waals surface area (Å²) in [7, 11) is 0. The zero-order valence-corrected chi connectivity index (χ0v) is 10.2. The Balaban J connectivity index is 2.50. The van der Waals surface area contributed by atoms with Crippen LogP contribution in [0, 0.1) is 13.8 Å². The Morgan fingerprint density at radius 1 is 1.12 bits per heavy atom. The molecule has 0 aliphatic carbocycles. The van der Waals surface area contributed by atoms with E-state index in [1.54, 1.807) is 0 Å². The van der Waals surface area contributed by atoms with E-state index in [9.17, 15) is 0 Å². The third kappa shape index (κ3) is 1.98. The van der Waals surface area contributed by atoms with Crippen LogP contribution < -0.4 is 4.68 Å². The quantitative estimate of drug-likeness (QED) is 0.724. The average molecular weight is 217 g/mol. The van der Waals surface area contributed by atoms with Gasteiger partial charge in [-0.25, -0.2) is 0 Å². The number of hydrogen-bond acceptors (Lipinski definition) is 2. The van der Waals surface area contributed by atoms with Gasteiger partial charge in [0.1, 0.15) is 0 Å². The summed E-state index contributed by atoms with van der Waals surface area (Å²) >= 11 is 0. The predicted octanol–water partition coefficient (Wildman–Crippen LogP) is 2.69. The lowest BCUT2D eigenvalue weighted by molar-refractivity contribution is -0.669. The van der Waals surface area contributed by atoms with E-state index in [0.717, 1.165) is 11.6 Å². The van der Waals surface area contributed by atoms with E-state index in [-0.39, 0.29) is 0 Å². The lowest BCUT2D eigenvalue weighted by Crippen LogP contribution is -2.37. The summed E-state index contributed by atoms with van der Waals surface area (Å²) in [6, 6.07) is 8.28. The second kappa shape index (κ2) is 4.08. The van der Waals surface area contributed by atoms with Crippen molar-refractivity contribution < 1.29 is 9.10 Å². The fourth-order valence-electron chi connectivity index (χ4n) is 1.64. The lowest BCUT2D eigenvalue weighted by atomic mass is 10.2.